The fourth-order valence-corrected chi connectivity index (χ4v) is 4.51. The highest BCUT2D eigenvalue weighted by Gasteiger charge is 2.21. The van der Waals surface area contributed by atoms with Crippen molar-refractivity contribution in [2.75, 3.05) is 27.4 Å². The predicted molar refractivity (Wildman–Crippen MR) is 147 cm³/mol. The third kappa shape index (κ3) is 6.86. The molecule has 1 aliphatic rings. The zero-order chi connectivity index (χ0) is 26.9. The first kappa shape index (κ1) is 27.1. The number of aliphatic carboxylic acids is 1. The Morgan fingerprint density at radius 3 is 2.47 bits per heavy atom. The summed E-state index contributed by atoms with van der Waals surface area (Å²) in [6, 6.07) is 18.1. The van der Waals surface area contributed by atoms with Crippen LogP contribution in [0.2, 0.25) is 0 Å². The Labute approximate surface area is 224 Å². The number of ether oxygens (including phenoxy) is 4. The molecule has 3 aromatic carbocycles. The molecular weight excluding hydrogens is 482 g/mol. The molecular formula is C31H35NO6. The molecule has 3 aromatic rings. The normalized spacial score (nSPS) is 14.7. The van der Waals surface area contributed by atoms with Crippen molar-refractivity contribution in [2.24, 2.45) is 0 Å². The summed E-state index contributed by atoms with van der Waals surface area (Å²) in [5.74, 6) is 1.85. The maximum absolute atomic E-state index is 10.8. The van der Waals surface area contributed by atoms with Crippen molar-refractivity contribution < 1.29 is 28.8 Å². The second-order valence-electron chi connectivity index (χ2n) is 9.22. The molecule has 1 unspecified atom stereocenters. The van der Waals surface area contributed by atoms with Gasteiger partial charge >= 0.3 is 5.97 Å². The van der Waals surface area contributed by atoms with E-state index in [1.54, 1.807) is 14.2 Å². The number of methoxy groups -OCH3 is 2. The number of carboxylic acid groups (broad SMARTS) is 1. The monoisotopic (exact) mass is 517 g/mol. The molecule has 38 heavy (non-hydrogen) atoms. The molecule has 0 saturated heterocycles. The molecule has 200 valence electrons. The van der Waals surface area contributed by atoms with Gasteiger partial charge in [-0.15, -0.1) is 0 Å². The van der Waals surface area contributed by atoms with Crippen LogP contribution in [0.3, 0.4) is 0 Å². The fraction of sp³-hybridized carbons (Fsp3) is 0.323. The van der Waals surface area contributed by atoms with Gasteiger partial charge in [0.1, 0.15) is 6.61 Å². The van der Waals surface area contributed by atoms with E-state index in [0.29, 0.717) is 36.9 Å². The number of benzene rings is 3. The summed E-state index contributed by atoms with van der Waals surface area (Å²) < 4.78 is 23.1. The van der Waals surface area contributed by atoms with E-state index in [2.05, 4.69) is 29.6 Å². The average Bonchev–Trinajstić information content (AvgIpc) is 2.93. The van der Waals surface area contributed by atoms with E-state index in [9.17, 15) is 4.79 Å². The summed E-state index contributed by atoms with van der Waals surface area (Å²) in [7, 11) is 3.26. The van der Waals surface area contributed by atoms with Gasteiger partial charge in [0.2, 0.25) is 0 Å². The summed E-state index contributed by atoms with van der Waals surface area (Å²) >= 11 is 0. The zero-order valence-corrected chi connectivity index (χ0v) is 22.2. The van der Waals surface area contributed by atoms with Crippen LogP contribution in [-0.2, 0) is 17.8 Å². The lowest BCUT2D eigenvalue weighted by Gasteiger charge is -2.26. The van der Waals surface area contributed by atoms with Crippen LogP contribution < -0.4 is 24.3 Å². The van der Waals surface area contributed by atoms with Crippen molar-refractivity contribution >= 4 is 12.0 Å². The van der Waals surface area contributed by atoms with Crippen molar-refractivity contribution in [3.8, 4) is 23.0 Å². The first-order valence-electron chi connectivity index (χ1n) is 12.8. The van der Waals surface area contributed by atoms with Gasteiger partial charge in [-0.1, -0.05) is 42.5 Å². The van der Waals surface area contributed by atoms with E-state index < -0.39 is 5.97 Å². The quantitative estimate of drug-likeness (QED) is 0.297. The van der Waals surface area contributed by atoms with Gasteiger partial charge in [-0.05, 0) is 71.8 Å². The Morgan fingerprint density at radius 1 is 1.00 bits per heavy atom. The minimum Gasteiger partial charge on any atom is -0.493 e. The van der Waals surface area contributed by atoms with Gasteiger partial charge in [0.05, 0.1) is 26.9 Å². The van der Waals surface area contributed by atoms with Crippen LogP contribution in [0.15, 0.2) is 60.7 Å². The highest BCUT2D eigenvalue weighted by atomic mass is 16.5. The van der Waals surface area contributed by atoms with Crippen LogP contribution in [0, 0.1) is 6.92 Å². The number of hydrogen-bond donors (Lipinski definition) is 2. The van der Waals surface area contributed by atoms with Crippen molar-refractivity contribution in [2.45, 2.75) is 38.8 Å². The summed E-state index contributed by atoms with van der Waals surface area (Å²) in [6.07, 6.45) is 5.62. The SMILES string of the molecule is COc1cc(C)c(/C=C/C2NCCc3cc(OCc4ccccc4)c(OC)cc32)cc1OCCCC(=O)O. The van der Waals surface area contributed by atoms with Crippen LogP contribution >= 0.6 is 0 Å². The third-order valence-electron chi connectivity index (χ3n) is 6.57. The Hall–Kier alpha value is -3.97. The molecule has 4 rings (SSSR count). The number of rotatable bonds is 12. The Kier molecular flexibility index (Phi) is 9.27. The molecule has 0 radical (unpaired) electrons. The van der Waals surface area contributed by atoms with Gasteiger partial charge in [-0.3, -0.25) is 4.79 Å². The molecule has 0 bridgehead atoms. The summed E-state index contributed by atoms with van der Waals surface area (Å²) in [6.45, 7) is 3.67. The first-order chi connectivity index (χ1) is 18.5. The molecule has 1 heterocycles. The maximum atomic E-state index is 10.8. The highest BCUT2D eigenvalue weighted by Crippen LogP contribution is 2.37. The standard InChI is InChI=1S/C31H35NO6/c1-21-16-27(35-2)29(37-15-7-10-31(33)34)17-23(21)11-12-26-25-19-28(36-3)30(18-24(25)13-14-32-26)38-20-22-8-5-4-6-9-22/h4-6,8-9,11-12,16-19,26,32H,7,10,13-15,20H2,1-3H3,(H,33,34)/b12-11+. The van der Waals surface area contributed by atoms with Crippen LogP contribution in [0.5, 0.6) is 23.0 Å². The molecule has 0 aliphatic carbocycles. The second-order valence-corrected chi connectivity index (χ2v) is 9.22. The molecule has 0 aromatic heterocycles. The maximum Gasteiger partial charge on any atom is 0.303 e. The lowest BCUT2D eigenvalue weighted by atomic mass is 9.92. The number of fused-ring (bicyclic) bond motifs is 1. The van der Waals surface area contributed by atoms with Gasteiger partial charge in [-0.25, -0.2) is 0 Å². The van der Waals surface area contributed by atoms with Crippen molar-refractivity contribution in [3.05, 3.63) is 88.5 Å². The third-order valence-corrected chi connectivity index (χ3v) is 6.57. The van der Waals surface area contributed by atoms with E-state index >= 15 is 0 Å². The minimum absolute atomic E-state index is 0.0114. The van der Waals surface area contributed by atoms with Crippen LogP contribution in [0.1, 0.15) is 46.7 Å². The van der Waals surface area contributed by atoms with Gasteiger partial charge in [-0.2, -0.15) is 0 Å². The molecule has 2 N–H and O–H groups in total. The van der Waals surface area contributed by atoms with E-state index in [1.165, 1.54) is 5.56 Å². The Morgan fingerprint density at radius 2 is 1.74 bits per heavy atom. The first-order valence-corrected chi connectivity index (χ1v) is 12.8. The average molecular weight is 518 g/mol. The smallest absolute Gasteiger partial charge is 0.303 e. The summed E-state index contributed by atoms with van der Waals surface area (Å²) in [4.78, 5) is 10.8. The number of hydrogen-bond acceptors (Lipinski definition) is 6. The Bertz CT molecular complexity index is 1270. The molecule has 0 amide bonds. The second kappa shape index (κ2) is 13.0. The highest BCUT2D eigenvalue weighted by molar-refractivity contribution is 5.66. The molecule has 7 heteroatoms. The van der Waals surface area contributed by atoms with Crippen molar-refractivity contribution in [1.82, 2.24) is 5.32 Å². The molecule has 1 atom stereocenters. The van der Waals surface area contributed by atoms with E-state index in [-0.39, 0.29) is 12.5 Å². The van der Waals surface area contributed by atoms with Crippen LogP contribution in [0.25, 0.3) is 6.08 Å². The molecule has 1 aliphatic heterocycles. The van der Waals surface area contributed by atoms with Crippen LogP contribution in [0.4, 0.5) is 0 Å². The summed E-state index contributed by atoms with van der Waals surface area (Å²) in [5, 5.41) is 12.5. The zero-order valence-electron chi connectivity index (χ0n) is 22.2. The van der Waals surface area contributed by atoms with Crippen LogP contribution in [-0.4, -0.2) is 38.4 Å². The number of nitrogens with one attached hydrogen (secondary N) is 1. The number of carboxylic acids is 1. The Balaban J connectivity index is 1.53. The van der Waals surface area contributed by atoms with Crippen molar-refractivity contribution in [1.29, 1.82) is 0 Å². The molecule has 0 fully saturated rings. The van der Waals surface area contributed by atoms with Gasteiger partial charge in [0.15, 0.2) is 23.0 Å². The fourth-order valence-electron chi connectivity index (χ4n) is 4.51. The predicted octanol–water partition coefficient (Wildman–Crippen LogP) is 5.74. The van der Waals surface area contributed by atoms with Gasteiger partial charge < -0.3 is 29.4 Å². The minimum atomic E-state index is -0.833. The van der Waals surface area contributed by atoms with Gasteiger partial charge in [0, 0.05) is 13.0 Å². The van der Waals surface area contributed by atoms with E-state index in [0.717, 1.165) is 41.0 Å². The van der Waals surface area contributed by atoms with E-state index in [4.69, 9.17) is 24.1 Å². The topological polar surface area (TPSA) is 86.3 Å². The molecule has 0 spiro atoms. The van der Waals surface area contributed by atoms with Crippen molar-refractivity contribution in [3.63, 3.8) is 0 Å². The summed E-state index contributed by atoms with van der Waals surface area (Å²) in [5.41, 5.74) is 5.55. The lowest BCUT2D eigenvalue weighted by molar-refractivity contribution is -0.137. The molecule has 0 saturated carbocycles. The number of aryl methyl sites for hydroxylation is 1. The number of carbonyl (C=O) groups is 1. The largest absolute Gasteiger partial charge is 0.493 e. The molecule has 7 nitrogen and oxygen atoms in total. The van der Waals surface area contributed by atoms with Gasteiger partial charge in [0.25, 0.3) is 0 Å². The lowest BCUT2D eigenvalue weighted by Crippen LogP contribution is -2.28. The van der Waals surface area contributed by atoms with E-state index in [1.807, 2.05) is 49.4 Å².